The zero-order chi connectivity index (χ0) is 20.5. The van der Waals surface area contributed by atoms with E-state index in [2.05, 4.69) is 34.1 Å². The van der Waals surface area contributed by atoms with E-state index >= 15 is 0 Å². The van der Waals surface area contributed by atoms with Gasteiger partial charge < -0.3 is 14.6 Å². The molecule has 1 aliphatic rings. The number of likely N-dealkylation sites (tertiary alicyclic amines) is 1. The zero-order valence-electron chi connectivity index (χ0n) is 17.7. The van der Waals surface area contributed by atoms with Crippen molar-refractivity contribution in [1.82, 2.24) is 9.80 Å². The van der Waals surface area contributed by atoms with Crippen molar-refractivity contribution in [2.75, 3.05) is 40.4 Å². The number of nitrogens with zero attached hydrogens (tertiary/aromatic N) is 2. The van der Waals surface area contributed by atoms with Gasteiger partial charge >= 0.3 is 0 Å². The molecule has 2 aromatic carbocycles. The van der Waals surface area contributed by atoms with E-state index in [4.69, 9.17) is 9.47 Å². The first-order chi connectivity index (χ1) is 14.1. The Balaban J connectivity index is 1.37. The first kappa shape index (κ1) is 21.8. The van der Waals surface area contributed by atoms with Gasteiger partial charge in [0.1, 0.15) is 18.5 Å². The van der Waals surface area contributed by atoms with E-state index < -0.39 is 6.10 Å². The fraction of sp³-hybridized carbons (Fsp3) is 0.500. The molecule has 29 heavy (non-hydrogen) atoms. The van der Waals surface area contributed by atoms with Crippen LogP contribution in [0.1, 0.15) is 24.0 Å². The van der Waals surface area contributed by atoms with Crippen molar-refractivity contribution in [3.63, 3.8) is 0 Å². The van der Waals surface area contributed by atoms with Gasteiger partial charge in [-0.25, -0.2) is 0 Å². The maximum Gasteiger partial charge on any atom is 0.119 e. The minimum Gasteiger partial charge on any atom is -0.491 e. The van der Waals surface area contributed by atoms with Crippen molar-refractivity contribution in [2.45, 2.75) is 38.1 Å². The molecule has 0 radical (unpaired) electrons. The lowest BCUT2D eigenvalue weighted by Gasteiger charge is -2.31. The predicted molar refractivity (Wildman–Crippen MR) is 116 cm³/mol. The molecular weight excluding hydrogens is 364 g/mol. The number of hydrogen-bond donors (Lipinski definition) is 1. The molecule has 0 aliphatic carbocycles. The molecule has 1 fully saturated rings. The van der Waals surface area contributed by atoms with E-state index in [1.54, 1.807) is 7.11 Å². The smallest absolute Gasteiger partial charge is 0.119 e. The molecular formula is C24H34N2O3. The van der Waals surface area contributed by atoms with Crippen molar-refractivity contribution >= 4 is 0 Å². The minimum atomic E-state index is -0.523. The van der Waals surface area contributed by atoms with Crippen molar-refractivity contribution in [3.8, 4) is 5.75 Å². The molecule has 5 heteroatoms. The van der Waals surface area contributed by atoms with Crippen LogP contribution >= 0.6 is 0 Å². The molecule has 1 heterocycles. The average Bonchev–Trinajstić information content (AvgIpc) is 2.74. The summed E-state index contributed by atoms with van der Waals surface area (Å²) < 4.78 is 11.2. The third kappa shape index (κ3) is 7.44. The summed E-state index contributed by atoms with van der Waals surface area (Å²) >= 11 is 0. The van der Waals surface area contributed by atoms with Crippen LogP contribution in [0.2, 0.25) is 0 Å². The number of piperidine rings is 1. The Morgan fingerprint density at radius 1 is 1.03 bits per heavy atom. The third-order valence-corrected chi connectivity index (χ3v) is 5.46. The Morgan fingerprint density at radius 3 is 2.38 bits per heavy atom. The molecule has 0 bridgehead atoms. The number of likely N-dealkylation sites (N-methyl/N-ethyl adjacent to an activating group) is 1. The minimum absolute atomic E-state index is 0.295. The predicted octanol–water partition coefficient (Wildman–Crippen LogP) is 3.17. The van der Waals surface area contributed by atoms with Crippen LogP contribution in [-0.4, -0.2) is 67.5 Å². The highest BCUT2D eigenvalue weighted by Gasteiger charge is 2.18. The van der Waals surface area contributed by atoms with Gasteiger partial charge in [0.05, 0.1) is 6.10 Å². The number of ether oxygens (including phenoxy) is 2. The van der Waals surface area contributed by atoms with Crippen LogP contribution in [0.15, 0.2) is 54.6 Å². The van der Waals surface area contributed by atoms with Crippen LogP contribution in [0.25, 0.3) is 0 Å². The van der Waals surface area contributed by atoms with Crippen molar-refractivity contribution in [2.24, 2.45) is 0 Å². The second-order valence-electron chi connectivity index (χ2n) is 8.00. The molecule has 158 valence electrons. The van der Waals surface area contributed by atoms with E-state index in [9.17, 15) is 5.11 Å². The van der Waals surface area contributed by atoms with Crippen LogP contribution in [0.5, 0.6) is 5.75 Å². The highest BCUT2D eigenvalue weighted by Crippen LogP contribution is 2.18. The molecule has 0 saturated carbocycles. The van der Waals surface area contributed by atoms with Crippen LogP contribution in [0, 0.1) is 0 Å². The molecule has 0 unspecified atom stereocenters. The molecule has 1 saturated heterocycles. The van der Waals surface area contributed by atoms with Crippen LogP contribution < -0.4 is 4.74 Å². The molecule has 0 amide bonds. The van der Waals surface area contributed by atoms with Crippen LogP contribution in [-0.2, 0) is 17.8 Å². The molecule has 0 spiro atoms. The summed E-state index contributed by atoms with van der Waals surface area (Å²) in [6, 6.07) is 18.5. The van der Waals surface area contributed by atoms with Gasteiger partial charge in [-0.3, -0.25) is 9.80 Å². The van der Waals surface area contributed by atoms with E-state index in [-0.39, 0.29) is 0 Å². The number of rotatable bonds is 10. The van der Waals surface area contributed by atoms with Gasteiger partial charge in [0, 0.05) is 39.8 Å². The van der Waals surface area contributed by atoms with Crippen molar-refractivity contribution in [3.05, 3.63) is 65.7 Å². The number of aliphatic hydroxyl groups excluding tert-OH is 1. The number of aliphatic hydroxyl groups is 1. The molecule has 1 atom stereocenters. The average molecular weight is 399 g/mol. The van der Waals surface area contributed by atoms with Gasteiger partial charge in [0.15, 0.2) is 0 Å². The highest BCUT2D eigenvalue weighted by molar-refractivity contribution is 5.27. The van der Waals surface area contributed by atoms with E-state index in [0.29, 0.717) is 19.3 Å². The van der Waals surface area contributed by atoms with E-state index in [0.717, 1.165) is 44.8 Å². The fourth-order valence-corrected chi connectivity index (χ4v) is 3.82. The van der Waals surface area contributed by atoms with E-state index in [1.165, 1.54) is 11.1 Å². The summed E-state index contributed by atoms with van der Waals surface area (Å²) in [5.74, 6) is 0.802. The van der Waals surface area contributed by atoms with Crippen molar-refractivity contribution < 1.29 is 14.6 Å². The SMILES string of the molecule is COC1CCN(Cc2ccc(OC[C@@H](O)CN(C)Cc3ccccc3)cc2)CC1. The molecule has 0 aromatic heterocycles. The van der Waals surface area contributed by atoms with Gasteiger partial charge in [0.25, 0.3) is 0 Å². The summed E-state index contributed by atoms with van der Waals surface area (Å²) in [5, 5.41) is 10.3. The third-order valence-electron chi connectivity index (χ3n) is 5.46. The maximum absolute atomic E-state index is 10.3. The Labute approximate surface area is 174 Å². The first-order valence-electron chi connectivity index (χ1n) is 10.5. The molecule has 3 rings (SSSR count). The highest BCUT2D eigenvalue weighted by atomic mass is 16.5. The largest absolute Gasteiger partial charge is 0.491 e. The lowest BCUT2D eigenvalue weighted by molar-refractivity contribution is 0.0388. The summed E-state index contributed by atoms with van der Waals surface area (Å²) in [6.45, 7) is 4.81. The van der Waals surface area contributed by atoms with Crippen molar-refractivity contribution in [1.29, 1.82) is 0 Å². The summed E-state index contributed by atoms with van der Waals surface area (Å²) in [6.07, 6.45) is 2.11. The zero-order valence-corrected chi connectivity index (χ0v) is 17.7. The summed E-state index contributed by atoms with van der Waals surface area (Å²) in [7, 11) is 3.82. The Morgan fingerprint density at radius 2 is 1.72 bits per heavy atom. The van der Waals surface area contributed by atoms with Gasteiger partial charge in [-0.1, -0.05) is 42.5 Å². The van der Waals surface area contributed by atoms with Gasteiger partial charge in [-0.15, -0.1) is 0 Å². The lowest BCUT2D eigenvalue weighted by Crippen LogP contribution is -2.36. The first-order valence-corrected chi connectivity index (χ1v) is 10.5. The molecule has 1 N–H and O–H groups in total. The lowest BCUT2D eigenvalue weighted by atomic mass is 10.1. The molecule has 2 aromatic rings. The standard InChI is InChI=1S/C24H34N2O3/c1-25(16-20-6-4-3-5-7-20)18-22(27)19-29-24-10-8-21(9-11-24)17-26-14-12-23(28-2)13-15-26/h3-11,22-23,27H,12-19H2,1-2H3/t22-/m0/s1. The van der Waals surface area contributed by atoms with Crippen LogP contribution in [0.4, 0.5) is 0 Å². The number of hydrogen-bond acceptors (Lipinski definition) is 5. The number of benzene rings is 2. The van der Waals surface area contributed by atoms with E-state index in [1.807, 2.05) is 37.4 Å². The topological polar surface area (TPSA) is 45.2 Å². The molecule has 5 nitrogen and oxygen atoms in total. The second-order valence-corrected chi connectivity index (χ2v) is 8.00. The molecule has 1 aliphatic heterocycles. The fourth-order valence-electron chi connectivity index (χ4n) is 3.82. The number of methoxy groups -OCH3 is 1. The van der Waals surface area contributed by atoms with Gasteiger partial charge in [-0.2, -0.15) is 0 Å². The van der Waals surface area contributed by atoms with Crippen LogP contribution in [0.3, 0.4) is 0 Å². The Bertz CT molecular complexity index is 700. The second kappa shape index (κ2) is 11.3. The summed E-state index contributed by atoms with van der Waals surface area (Å²) in [5.41, 5.74) is 2.53. The van der Waals surface area contributed by atoms with Gasteiger partial charge in [0.2, 0.25) is 0 Å². The monoisotopic (exact) mass is 398 g/mol. The normalized spacial score (nSPS) is 16.8. The summed E-state index contributed by atoms with van der Waals surface area (Å²) in [4.78, 5) is 4.58. The maximum atomic E-state index is 10.3. The Hall–Kier alpha value is -1.92. The Kier molecular flexibility index (Phi) is 8.50. The van der Waals surface area contributed by atoms with Gasteiger partial charge in [-0.05, 0) is 43.1 Å². The quantitative estimate of drug-likeness (QED) is 0.666.